The summed E-state index contributed by atoms with van der Waals surface area (Å²) in [5.41, 5.74) is 6.80. The second-order valence-corrected chi connectivity index (χ2v) is 5.68. The van der Waals surface area contributed by atoms with Crippen molar-refractivity contribution in [2.45, 2.75) is 18.9 Å². The average molecular weight is 291 g/mol. The molecule has 1 fully saturated rings. The number of aromatic nitrogens is 6. The molecule has 1 atom stereocenters. The lowest BCUT2D eigenvalue weighted by Crippen LogP contribution is -2.03. The molecule has 0 spiro atoms. The van der Waals surface area contributed by atoms with Crippen molar-refractivity contribution < 1.29 is 4.74 Å². The van der Waals surface area contributed by atoms with Crippen LogP contribution in [0, 0.1) is 0 Å². The van der Waals surface area contributed by atoms with Crippen LogP contribution in [0.5, 0.6) is 0 Å². The van der Waals surface area contributed by atoms with E-state index >= 15 is 0 Å². The Morgan fingerprint density at radius 3 is 3.05 bits per heavy atom. The summed E-state index contributed by atoms with van der Waals surface area (Å²) in [7, 11) is 1.80. The molecule has 3 aromatic heterocycles. The molecule has 0 aromatic carbocycles. The van der Waals surface area contributed by atoms with Crippen molar-refractivity contribution in [1.82, 2.24) is 29.6 Å². The molecule has 104 valence electrons. The van der Waals surface area contributed by atoms with Gasteiger partial charge in [0.2, 0.25) is 4.96 Å². The summed E-state index contributed by atoms with van der Waals surface area (Å²) < 4.78 is 9.02. The van der Waals surface area contributed by atoms with Crippen molar-refractivity contribution in [2.24, 2.45) is 7.05 Å². The lowest BCUT2D eigenvalue weighted by Gasteiger charge is -2.04. The van der Waals surface area contributed by atoms with Gasteiger partial charge in [-0.15, -0.1) is 10.2 Å². The Morgan fingerprint density at radius 1 is 1.45 bits per heavy atom. The van der Waals surface area contributed by atoms with E-state index in [1.54, 1.807) is 22.4 Å². The van der Waals surface area contributed by atoms with Crippen LogP contribution in [0.15, 0.2) is 6.20 Å². The van der Waals surface area contributed by atoms with Crippen LogP contribution >= 0.6 is 11.3 Å². The first-order valence-electron chi connectivity index (χ1n) is 6.35. The predicted molar refractivity (Wildman–Crippen MR) is 73.2 cm³/mol. The molecule has 1 saturated heterocycles. The largest absolute Gasteiger partial charge is 0.383 e. The van der Waals surface area contributed by atoms with Crippen molar-refractivity contribution in [2.75, 3.05) is 12.3 Å². The summed E-state index contributed by atoms with van der Waals surface area (Å²) in [4.78, 5) is 0.744. The number of nitrogens with zero attached hydrogens (tertiary/aromatic N) is 6. The molecule has 0 amide bonds. The minimum atomic E-state index is -0.00815. The van der Waals surface area contributed by atoms with Crippen LogP contribution in [-0.2, 0) is 11.8 Å². The second kappa shape index (κ2) is 4.25. The smallest absolute Gasteiger partial charge is 0.235 e. The fourth-order valence-corrected chi connectivity index (χ4v) is 3.20. The van der Waals surface area contributed by atoms with Gasteiger partial charge in [0.25, 0.3) is 0 Å². The molecule has 0 radical (unpaired) electrons. The van der Waals surface area contributed by atoms with Crippen LogP contribution in [0.1, 0.15) is 24.8 Å². The number of hydrogen-bond donors (Lipinski definition) is 1. The van der Waals surface area contributed by atoms with Gasteiger partial charge >= 0.3 is 0 Å². The van der Waals surface area contributed by atoms with Crippen molar-refractivity contribution in [1.29, 1.82) is 0 Å². The Labute approximate surface area is 118 Å². The summed E-state index contributed by atoms with van der Waals surface area (Å²) in [6.45, 7) is 0.770. The minimum Gasteiger partial charge on any atom is -0.383 e. The third-order valence-electron chi connectivity index (χ3n) is 3.45. The highest BCUT2D eigenvalue weighted by molar-refractivity contribution is 7.19. The highest BCUT2D eigenvalue weighted by atomic mass is 32.1. The fraction of sp³-hybridized carbons (Fsp3) is 0.455. The molecule has 1 aliphatic heterocycles. The molecule has 8 nitrogen and oxygen atoms in total. The number of nitrogen functional groups attached to an aromatic ring is 1. The number of ether oxygens (including phenoxy) is 1. The molecule has 1 unspecified atom stereocenters. The number of aryl methyl sites for hydroxylation is 1. The number of hydrogen-bond acceptors (Lipinski definition) is 7. The van der Waals surface area contributed by atoms with E-state index < -0.39 is 0 Å². The monoisotopic (exact) mass is 291 g/mol. The maximum absolute atomic E-state index is 5.98. The quantitative estimate of drug-likeness (QED) is 0.757. The van der Waals surface area contributed by atoms with E-state index in [2.05, 4.69) is 20.4 Å². The van der Waals surface area contributed by atoms with E-state index in [0.29, 0.717) is 5.82 Å². The first-order valence-corrected chi connectivity index (χ1v) is 7.17. The second-order valence-electron chi connectivity index (χ2n) is 4.73. The van der Waals surface area contributed by atoms with Gasteiger partial charge in [0, 0.05) is 13.7 Å². The molecule has 0 bridgehead atoms. The van der Waals surface area contributed by atoms with Crippen LogP contribution in [0.25, 0.3) is 15.5 Å². The highest BCUT2D eigenvalue weighted by Crippen LogP contribution is 2.32. The number of rotatable bonds is 2. The zero-order valence-electron chi connectivity index (χ0n) is 10.9. The molecule has 9 heteroatoms. The van der Waals surface area contributed by atoms with Crippen molar-refractivity contribution in [3.8, 4) is 10.6 Å². The molecule has 2 N–H and O–H groups in total. The molecule has 4 heterocycles. The van der Waals surface area contributed by atoms with Crippen LogP contribution in [0.3, 0.4) is 0 Å². The lowest BCUT2D eigenvalue weighted by atomic mass is 10.2. The summed E-state index contributed by atoms with van der Waals surface area (Å²) in [5.74, 6) is 1.36. The predicted octanol–water partition coefficient (Wildman–Crippen LogP) is 1.02. The molecule has 3 aromatic rings. The third kappa shape index (κ3) is 1.63. The van der Waals surface area contributed by atoms with Crippen LogP contribution in [0.4, 0.5) is 5.82 Å². The van der Waals surface area contributed by atoms with E-state index in [0.717, 1.165) is 40.8 Å². The van der Waals surface area contributed by atoms with Gasteiger partial charge in [0.05, 0.1) is 11.8 Å². The number of anilines is 1. The molecular weight excluding hydrogens is 278 g/mol. The Morgan fingerprint density at radius 2 is 2.35 bits per heavy atom. The molecule has 4 rings (SSSR count). The van der Waals surface area contributed by atoms with Gasteiger partial charge in [0.15, 0.2) is 10.8 Å². The van der Waals surface area contributed by atoms with E-state index in [1.165, 1.54) is 11.3 Å². The van der Waals surface area contributed by atoms with Gasteiger partial charge < -0.3 is 10.5 Å². The first-order chi connectivity index (χ1) is 9.74. The average Bonchev–Trinajstić information content (AvgIpc) is 3.15. The summed E-state index contributed by atoms with van der Waals surface area (Å²) in [5, 5.41) is 17.8. The molecule has 20 heavy (non-hydrogen) atoms. The maximum atomic E-state index is 5.98. The van der Waals surface area contributed by atoms with Gasteiger partial charge in [-0.1, -0.05) is 11.3 Å². The Balaban J connectivity index is 1.81. The van der Waals surface area contributed by atoms with Gasteiger partial charge in [-0.3, -0.25) is 4.68 Å². The summed E-state index contributed by atoms with van der Waals surface area (Å²) in [6.07, 6.45) is 3.72. The molecule has 1 aliphatic rings. The van der Waals surface area contributed by atoms with E-state index in [-0.39, 0.29) is 6.10 Å². The van der Waals surface area contributed by atoms with E-state index in [9.17, 15) is 0 Å². The SMILES string of the molecule is Cn1ncc(-c2nn3c(C4CCCO4)nnc3s2)c1N. The highest BCUT2D eigenvalue weighted by Gasteiger charge is 2.25. The van der Waals surface area contributed by atoms with Crippen molar-refractivity contribution in [3.05, 3.63) is 12.0 Å². The standard InChI is InChI=1S/C11H13N7OS/c1-17-8(12)6(5-13-17)10-16-18-9(7-3-2-4-19-7)14-15-11(18)20-10/h5,7H,2-4,12H2,1H3. The molecule has 0 aliphatic carbocycles. The Bertz CT molecular complexity index is 767. The number of fused-ring (bicyclic) bond motifs is 1. The normalized spacial score (nSPS) is 19.1. The van der Waals surface area contributed by atoms with E-state index in [4.69, 9.17) is 10.5 Å². The molecule has 0 saturated carbocycles. The third-order valence-corrected chi connectivity index (χ3v) is 4.38. The zero-order chi connectivity index (χ0) is 13.7. The van der Waals surface area contributed by atoms with Crippen LogP contribution < -0.4 is 5.73 Å². The number of nitrogens with two attached hydrogens (primary N) is 1. The molecular formula is C11H13N7OS. The van der Waals surface area contributed by atoms with Crippen LogP contribution in [-0.4, -0.2) is 36.2 Å². The van der Waals surface area contributed by atoms with Gasteiger partial charge in [-0.25, -0.2) is 0 Å². The first kappa shape index (κ1) is 11.8. The summed E-state index contributed by atoms with van der Waals surface area (Å²) in [6, 6.07) is 0. The van der Waals surface area contributed by atoms with E-state index in [1.807, 2.05) is 0 Å². The van der Waals surface area contributed by atoms with Gasteiger partial charge in [-0.05, 0) is 12.8 Å². The Kier molecular flexibility index (Phi) is 2.51. The maximum Gasteiger partial charge on any atom is 0.235 e. The lowest BCUT2D eigenvalue weighted by molar-refractivity contribution is 0.103. The van der Waals surface area contributed by atoms with Gasteiger partial charge in [-0.2, -0.15) is 14.7 Å². The van der Waals surface area contributed by atoms with Gasteiger partial charge in [0.1, 0.15) is 11.9 Å². The Hall–Kier alpha value is -2.00. The zero-order valence-corrected chi connectivity index (χ0v) is 11.7. The fourth-order valence-electron chi connectivity index (χ4n) is 2.33. The van der Waals surface area contributed by atoms with Crippen LogP contribution in [0.2, 0.25) is 0 Å². The van der Waals surface area contributed by atoms with Crippen molar-refractivity contribution in [3.63, 3.8) is 0 Å². The summed E-state index contributed by atoms with van der Waals surface area (Å²) >= 11 is 1.45. The van der Waals surface area contributed by atoms with Crippen molar-refractivity contribution >= 4 is 22.1 Å². The topological polar surface area (TPSA) is 96.2 Å². The minimum absolute atomic E-state index is 0.00815.